The zero-order chi connectivity index (χ0) is 23.4. The Morgan fingerprint density at radius 1 is 1.00 bits per heavy atom. The van der Waals surface area contributed by atoms with Crippen molar-refractivity contribution >= 4 is 0 Å². The van der Waals surface area contributed by atoms with E-state index in [0.717, 1.165) is 43.9 Å². The highest BCUT2D eigenvalue weighted by Crippen LogP contribution is 2.67. The molecule has 184 valence electrons. The van der Waals surface area contributed by atoms with E-state index in [-0.39, 0.29) is 29.0 Å². The lowest BCUT2D eigenvalue weighted by molar-refractivity contribution is -0.0989. The molecule has 0 radical (unpaired) electrons. The number of hydrogen-bond acceptors (Lipinski definition) is 3. The molecule has 3 N–H and O–H groups in total. The van der Waals surface area contributed by atoms with Crippen molar-refractivity contribution in [3.8, 4) is 0 Å². The van der Waals surface area contributed by atoms with Gasteiger partial charge in [0.25, 0.3) is 0 Å². The highest BCUT2D eigenvalue weighted by Gasteiger charge is 2.63. The lowest BCUT2D eigenvalue weighted by atomic mass is 9.46. The number of fused-ring (bicyclic) bond motifs is 5. The van der Waals surface area contributed by atoms with Gasteiger partial charge in [0.1, 0.15) is 0 Å². The maximum absolute atomic E-state index is 11.4. The van der Waals surface area contributed by atoms with Crippen molar-refractivity contribution in [1.29, 1.82) is 0 Å². The van der Waals surface area contributed by atoms with Crippen LogP contribution in [0.3, 0.4) is 0 Å². The number of rotatable bonds is 6. The molecule has 0 aromatic rings. The molecule has 0 saturated heterocycles. The summed E-state index contributed by atoms with van der Waals surface area (Å²) < 4.78 is 0. The minimum Gasteiger partial charge on any atom is -0.393 e. The Balaban J connectivity index is 1.56. The average Bonchev–Trinajstić information content (AvgIpc) is 2.99. The van der Waals surface area contributed by atoms with Crippen LogP contribution >= 0.6 is 0 Å². The summed E-state index contributed by atoms with van der Waals surface area (Å²) in [7, 11) is 0. The van der Waals surface area contributed by atoms with Crippen LogP contribution < -0.4 is 0 Å². The molecule has 0 amide bonds. The first kappa shape index (κ1) is 24.7. The van der Waals surface area contributed by atoms with Gasteiger partial charge in [-0.1, -0.05) is 66.0 Å². The molecule has 0 aromatic carbocycles. The van der Waals surface area contributed by atoms with E-state index in [1.54, 1.807) is 0 Å². The van der Waals surface area contributed by atoms with E-state index in [1.165, 1.54) is 31.3 Å². The van der Waals surface area contributed by atoms with E-state index in [9.17, 15) is 15.3 Å². The number of hydrogen-bond donors (Lipinski definition) is 3. The fourth-order valence-electron chi connectivity index (χ4n) is 9.38. The fourth-order valence-corrected chi connectivity index (χ4v) is 9.38. The monoisotopic (exact) mass is 446 g/mol. The molecule has 3 nitrogen and oxygen atoms in total. The van der Waals surface area contributed by atoms with Gasteiger partial charge in [0.15, 0.2) is 0 Å². The van der Waals surface area contributed by atoms with E-state index < -0.39 is 6.10 Å². The highest BCUT2D eigenvalue weighted by molar-refractivity contribution is 5.28. The number of aliphatic hydroxyl groups excluding tert-OH is 3. The fraction of sp³-hybridized carbons (Fsp3) is 0.931. The van der Waals surface area contributed by atoms with Gasteiger partial charge < -0.3 is 15.3 Å². The Morgan fingerprint density at radius 3 is 2.38 bits per heavy atom. The third-order valence-electron chi connectivity index (χ3n) is 11.3. The van der Waals surface area contributed by atoms with Gasteiger partial charge in [-0.15, -0.1) is 0 Å². The molecule has 0 aromatic heterocycles. The Labute approximate surface area is 197 Å². The summed E-state index contributed by atoms with van der Waals surface area (Å²) in [4.78, 5) is 0. The van der Waals surface area contributed by atoms with Crippen molar-refractivity contribution in [2.75, 3.05) is 0 Å². The van der Waals surface area contributed by atoms with E-state index >= 15 is 0 Å². The van der Waals surface area contributed by atoms with Crippen LogP contribution in [-0.4, -0.2) is 33.6 Å². The summed E-state index contributed by atoms with van der Waals surface area (Å²) in [6.07, 6.45) is 10.7. The maximum atomic E-state index is 11.4. The maximum Gasteiger partial charge on any atom is 0.0757 e. The van der Waals surface area contributed by atoms with Crippen LogP contribution in [0.2, 0.25) is 0 Å². The molecule has 0 spiro atoms. The largest absolute Gasteiger partial charge is 0.393 e. The summed E-state index contributed by atoms with van der Waals surface area (Å²) in [6, 6.07) is 0. The topological polar surface area (TPSA) is 60.7 Å². The Hall–Kier alpha value is -0.380. The first-order valence-corrected chi connectivity index (χ1v) is 13.8. The van der Waals surface area contributed by atoms with E-state index in [4.69, 9.17) is 0 Å². The van der Waals surface area contributed by atoms with Crippen LogP contribution in [0.5, 0.6) is 0 Å². The van der Waals surface area contributed by atoms with Gasteiger partial charge in [-0.2, -0.15) is 0 Å². The third kappa shape index (κ3) is 3.93. The molecule has 32 heavy (non-hydrogen) atoms. The van der Waals surface area contributed by atoms with E-state index in [1.807, 2.05) is 0 Å². The van der Waals surface area contributed by atoms with Gasteiger partial charge in [-0.25, -0.2) is 0 Å². The molecule has 11 atom stereocenters. The van der Waals surface area contributed by atoms with Crippen LogP contribution in [0.25, 0.3) is 0 Å². The quantitative estimate of drug-likeness (QED) is 0.441. The van der Waals surface area contributed by atoms with E-state index in [0.29, 0.717) is 23.7 Å². The van der Waals surface area contributed by atoms with Crippen LogP contribution in [0.1, 0.15) is 99.3 Å². The second-order valence-corrected chi connectivity index (χ2v) is 13.1. The molecule has 3 fully saturated rings. The van der Waals surface area contributed by atoms with Crippen molar-refractivity contribution in [3.05, 3.63) is 11.6 Å². The van der Waals surface area contributed by atoms with Crippen LogP contribution in [0.15, 0.2) is 11.6 Å². The first-order valence-electron chi connectivity index (χ1n) is 13.8. The van der Waals surface area contributed by atoms with Gasteiger partial charge in [0, 0.05) is 0 Å². The number of aliphatic hydroxyl groups is 3. The van der Waals surface area contributed by atoms with Gasteiger partial charge in [0.05, 0.1) is 18.3 Å². The lowest BCUT2D eigenvalue weighted by Crippen LogP contribution is -2.55. The minimum absolute atomic E-state index is 0.116. The highest BCUT2D eigenvalue weighted by atomic mass is 16.3. The molecule has 3 heteroatoms. The molecule has 0 aliphatic heterocycles. The predicted molar refractivity (Wildman–Crippen MR) is 131 cm³/mol. The van der Waals surface area contributed by atoms with Gasteiger partial charge in [0.2, 0.25) is 0 Å². The lowest BCUT2D eigenvalue weighted by Gasteiger charge is -2.59. The molecule has 3 saturated carbocycles. The van der Waals surface area contributed by atoms with Crippen LogP contribution in [0, 0.1) is 52.3 Å². The van der Waals surface area contributed by atoms with Crippen LogP contribution in [0.4, 0.5) is 0 Å². The summed E-state index contributed by atoms with van der Waals surface area (Å²) in [5, 5.41) is 33.0. The van der Waals surface area contributed by atoms with Crippen molar-refractivity contribution < 1.29 is 15.3 Å². The summed E-state index contributed by atoms with van der Waals surface area (Å²) in [5.41, 5.74) is 1.54. The van der Waals surface area contributed by atoms with Crippen molar-refractivity contribution in [3.63, 3.8) is 0 Å². The van der Waals surface area contributed by atoms with Gasteiger partial charge in [-0.05, 0) is 97.2 Å². The molecule has 4 aliphatic rings. The molecule has 0 bridgehead atoms. The van der Waals surface area contributed by atoms with Crippen LogP contribution in [-0.2, 0) is 0 Å². The van der Waals surface area contributed by atoms with Gasteiger partial charge in [-0.3, -0.25) is 0 Å². The van der Waals surface area contributed by atoms with Crippen molar-refractivity contribution in [2.45, 2.75) is 118 Å². The molecule has 4 aliphatic carbocycles. The Morgan fingerprint density at radius 2 is 1.72 bits per heavy atom. The van der Waals surface area contributed by atoms with Crippen molar-refractivity contribution in [1.82, 2.24) is 0 Å². The molecule has 11 unspecified atom stereocenters. The second kappa shape index (κ2) is 9.00. The SMILES string of the molecule is CCC(CCC(C)C1C(O)CC2C3C(O)C=C4CC(O)CCC4(C)C3CCC21C)C(C)C. The molecular formula is C29H50O3. The average molecular weight is 447 g/mol. The van der Waals surface area contributed by atoms with Crippen molar-refractivity contribution in [2.24, 2.45) is 52.3 Å². The zero-order valence-electron chi connectivity index (χ0n) is 21.6. The summed E-state index contributed by atoms with van der Waals surface area (Å²) >= 11 is 0. The zero-order valence-corrected chi connectivity index (χ0v) is 21.6. The Bertz CT molecular complexity index is 701. The first-order chi connectivity index (χ1) is 15.0. The van der Waals surface area contributed by atoms with E-state index in [2.05, 4.69) is 47.6 Å². The molecule has 0 heterocycles. The summed E-state index contributed by atoms with van der Waals surface area (Å²) in [5.74, 6) is 3.51. The molecular weight excluding hydrogens is 396 g/mol. The smallest absolute Gasteiger partial charge is 0.0757 e. The minimum atomic E-state index is -0.426. The standard InChI is InChI=1S/C29H50O3/c1-7-19(17(2)3)9-8-18(4)27-25(32)16-23-26-22(11-13-29(23,27)6)28(5)12-10-21(30)14-20(28)15-24(26)31/h15,17-19,21-27,30-32H,7-14,16H2,1-6H3. The van der Waals surface area contributed by atoms with Gasteiger partial charge >= 0.3 is 0 Å². The normalized spacial score (nSPS) is 47.9. The molecule has 4 rings (SSSR count). The summed E-state index contributed by atoms with van der Waals surface area (Å²) in [6.45, 7) is 14.2. The predicted octanol–water partition coefficient (Wildman–Crippen LogP) is 5.97. The Kier molecular flexibility index (Phi) is 6.96. The second-order valence-electron chi connectivity index (χ2n) is 13.1. The third-order valence-corrected chi connectivity index (χ3v) is 11.3.